The van der Waals surface area contributed by atoms with E-state index in [1.807, 2.05) is 0 Å². The Labute approximate surface area is 170 Å². The van der Waals surface area contributed by atoms with Crippen molar-refractivity contribution in [3.8, 4) is 0 Å². The van der Waals surface area contributed by atoms with Gasteiger partial charge in [0.05, 0.1) is 4.90 Å². The quantitative estimate of drug-likeness (QED) is 0.605. The molecule has 0 aromatic heterocycles. The molecular weight excluding hydrogens is 398 g/mol. The molecule has 0 bridgehead atoms. The second-order valence-corrected chi connectivity index (χ2v) is 9.13. The summed E-state index contributed by atoms with van der Waals surface area (Å²) in [6, 6.07) is 5.68. The molecule has 1 aliphatic rings. The summed E-state index contributed by atoms with van der Waals surface area (Å²) < 4.78 is 31.1. The van der Waals surface area contributed by atoms with Gasteiger partial charge in [-0.25, -0.2) is 8.42 Å². The Morgan fingerprint density at radius 1 is 1.17 bits per heavy atom. The van der Waals surface area contributed by atoms with Gasteiger partial charge in [-0.15, -0.1) is 0 Å². The largest absolute Gasteiger partial charge is 0.452 e. The first-order chi connectivity index (χ1) is 13.6. The van der Waals surface area contributed by atoms with E-state index in [2.05, 4.69) is 10.6 Å². The average Bonchev–Trinajstić information content (AvgIpc) is 3.14. The third kappa shape index (κ3) is 6.53. The van der Waals surface area contributed by atoms with Crippen LogP contribution in [0, 0.1) is 0 Å². The Balaban J connectivity index is 1.91. The molecule has 0 heterocycles. The molecule has 9 nitrogen and oxygen atoms in total. The summed E-state index contributed by atoms with van der Waals surface area (Å²) in [6.07, 6.45) is 2.94. The number of benzene rings is 1. The van der Waals surface area contributed by atoms with Crippen molar-refractivity contribution in [1.82, 2.24) is 9.62 Å². The summed E-state index contributed by atoms with van der Waals surface area (Å²) in [5.41, 5.74) is 0.459. The maximum absolute atomic E-state index is 12.6. The zero-order valence-corrected chi connectivity index (χ0v) is 17.6. The number of anilines is 1. The SMILES string of the molecule is CC(=O)Nc1ccc(S(=O)(=O)N(C)CC(=O)OC(C)C(=O)NC2CCCC2)cc1. The fourth-order valence-electron chi connectivity index (χ4n) is 3.04. The maximum atomic E-state index is 12.6. The molecular formula is C19H27N3O6S. The second kappa shape index (κ2) is 9.84. The molecule has 10 heteroatoms. The van der Waals surface area contributed by atoms with Gasteiger partial charge in [-0.1, -0.05) is 12.8 Å². The van der Waals surface area contributed by atoms with Crippen LogP contribution in [0.15, 0.2) is 29.2 Å². The van der Waals surface area contributed by atoms with Crippen LogP contribution in [-0.2, 0) is 29.1 Å². The van der Waals surface area contributed by atoms with Gasteiger partial charge in [0.1, 0.15) is 6.54 Å². The number of nitrogens with zero attached hydrogens (tertiary/aromatic N) is 1. The van der Waals surface area contributed by atoms with Crippen molar-refractivity contribution < 1.29 is 27.5 Å². The van der Waals surface area contributed by atoms with Crippen LogP contribution in [0.25, 0.3) is 0 Å². The summed E-state index contributed by atoms with van der Waals surface area (Å²) in [6.45, 7) is 2.27. The molecule has 160 valence electrons. The Morgan fingerprint density at radius 3 is 2.31 bits per heavy atom. The lowest BCUT2D eigenvalue weighted by atomic mass is 10.2. The molecule has 0 aliphatic heterocycles. The molecule has 1 aromatic rings. The first kappa shape index (κ1) is 22.8. The number of carbonyl (C=O) groups excluding carboxylic acids is 3. The molecule has 29 heavy (non-hydrogen) atoms. The summed E-state index contributed by atoms with van der Waals surface area (Å²) >= 11 is 0. The van der Waals surface area contributed by atoms with Gasteiger partial charge >= 0.3 is 5.97 Å². The average molecular weight is 426 g/mol. The molecule has 2 rings (SSSR count). The highest BCUT2D eigenvalue weighted by Crippen LogP contribution is 2.19. The van der Waals surface area contributed by atoms with Gasteiger partial charge in [-0.05, 0) is 44.0 Å². The van der Waals surface area contributed by atoms with E-state index in [4.69, 9.17) is 4.74 Å². The molecule has 0 radical (unpaired) electrons. The molecule has 1 aromatic carbocycles. The number of ether oxygens (including phenoxy) is 1. The van der Waals surface area contributed by atoms with E-state index in [1.54, 1.807) is 0 Å². The van der Waals surface area contributed by atoms with Crippen LogP contribution < -0.4 is 10.6 Å². The molecule has 1 unspecified atom stereocenters. The molecule has 1 aliphatic carbocycles. The molecule has 1 saturated carbocycles. The van der Waals surface area contributed by atoms with Crippen molar-refractivity contribution in [3.05, 3.63) is 24.3 Å². The molecule has 0 spiro atoms. The lowest BCUT2D eigenvalue weighted by molar-refractivity contribution is -0.155. The van der Waals surface area contributed by atoms with Crippen LogP contribution in [0.1, 0.15) is 39.5 Å². The minimum atomic E-state index is -3.93. The number of hydrogen-bond donors (Lipinski definition) is 2. The Bertz CT molecular complexity index is 847. The van der Waals surface area contributed by atoms with Crippen molar-refractivity contribution in [1.29, 1.82) is 0 Å². The van der Waals surface area contributed by atoms with Gasteiger partial charge < -0.3 is 15.4 Å². The Kier molecular flexibility index (Phi) is 7.74. The first-order valence-corrected chi connectivity index (χ1v) is 10.9. The maximum Gasteiger partial charge on any atom is 0.322 e. The summed E-state index contributed by atoms with van der Waals surface area (Å²) in [7, 11) is -2.68. The second-order valence-electron chi connectivity index (χ2n) is 7.09. The van der Waals surface area contributed by atoms with Gasteiger partial charge in [-0.2, -0.15) is 4.31 Å². The van der Waals surface area contributed by atoms with Crippen molar-refractivity contribution in [2.24, 2.45) is 0 Å². The standard InChI is InChI=1S/C19H27N3O6S/c1-13(19(25)21-15-6-4-5-7-15)28-18(24)12-22(3)29(26,27)17-10-8-16(9-11-17)20-14(2)23/h8-11,13,15H,4-7,12H2,1-3H3,(H,20,23)(H,21,25). The van der Waals surface area contributed by atoms with Crippen LogP contribution in [-0.4, -0.2) is 56.2 Å². The summed E-state index contributed by atoms with van der Waals surface area (Å²) in [4.78, 5) is 35.2. The van der Waals surface area contributed by atoms with Crippen molar-refractivity contribution in [2.45, 2.75) is 56.6 Å². The highest BCUT2D eigenvalue weighted by atomic mass is 32.2. The Hall–Kier alpha value is -2.46. The van der Waals surface area contributed by atoms with E-state index in [1.165, 1.54) is 45.2 Å². The predicted molar refractivity (Wildman–Crippen MR) is 107 cm³/mol. The third-order valence-electron chi connectivity index (χ3n) is 4.61. The van der Waals surface area contributed by atoms with Gasteiger partial charge in [0.15, 0.2) is 6.10 Å². The normalized spacial score (nSPS) is 15.7. The van der Waals surface area contributed by atoms with Gasteiger partial charge in [0.2, 0.25) is 15.9 Å². The molecule has 1 atom stereocenters. The van der Waals surface area contributed by atoms with E-state index < -0.39 is 28.6 Å². The topological polar surface area (TPSA) is 122 Å². The number of nitrogens with one attached hydrogen (secondary N) is 2. The van der Waals surface area contributed by atoms with Crippen LogP contribution in [0.3, 0.4) is 0 Å². The monoisotopic (exact) mass is 425 g/mol. The van der Waals surface area contributed by atoms with E-state index >= 15 is 0 Å². The molecule has 0 saturated heterocycles. The summed E-state index contributed by atoms with van der Waals surface area (Å²) in [5.74, 6) is -1.48. The number of rotatable bonds is 8. The van der Waals surface area contributed by atoms with Crippen LogP contribution in [0.5, 0.6) is 0 Å². The smallest absolute Gasteiger partial charge is 0.322 e. The minimum absolute atomic E-state index is 0.0334. The minimum Gasteiger partial charge on any atom is -0.452 e. The zero-order chi connectivity index (χ0) is 21.6. The van der Waals surface area contributed by atoms with Gasteiger partial charge in [-0.3, -0.25) is 14.4 Å². The highest BCUT2D eigenvalue weighted by molar-refractivity contribution is 7.89. The van der Waals surface area contributed by atoms with Gasteiger partial charge in [0.25, 0.3) is 5.91 Å². The first-order valence-electron chi connectivity index (χ1n) is 9.43. The highest BCUT2D eigenvalue weighted by Gasteiger charge is 2.27. The number of hydrogen-bond acceptors (Lipinski definition) is 6. The van der Waals surface area contributed by atoms with Crippen molar-refractivity contribution >= 4 is 33.5 Å². The van der Waals surface area contributed by atoms with Crippen molar-refractivity contribution in [3.63, 3.8) is 0 Å². The van der Waals surface area contributed by atoms with Gasteiger partial charge in [0, 0.05) is 25.7 Å². The van der Waals surface area contributed by atoms with Crippen molar-refractivity contribution in [2.75, 3.05) is 18.9 Å². The number of amides is 2. The molecule has 2 N–H and O–H groups in total. The number of esters is 1. The van der Waals surface area contributed by atoms with E-state index in [0.717, 1.165) is 30.0 Å². The van der Waals surface area contributed by atoms with E-state index in [-0.39, 0.29) is 22.8 Å². The fraction of sp³-hybridized carbons (Fsp3) is 0.526. The molecule has 2 amide bonds. The molecule has 1 fully saturated rings. The number of sulfonamides is 1. The third-order valence-corrected chi connectivity index (χ3v) is 6.43. The Morgan fingerprint density at radius 2 is 1.76 bits per heavy atom. The van der Waals surface area contributed by atoms with Crippen LogP contribution >= 0.6 is 0 Å². The van der Waals surface area contributed by atoms with Crippen LogP contribution in [0.4, 0.5) is 5.69 Å². The number of carbonyl (C=O) groups is 3. The lowest BCUT2D eigenvalue weighted by Gasteiger charge is -2.20. The predicted octanol–water partition coefficient (Wildman–Crippen LogP) is 1.26. The van der Waals surface area contributed by atoms with Crippen LogP contribution in [0.2, 0.25) is 0 Å². The fourth-order valence-corrected chi connectivity index (χ4v) is 4.15. The summed E-state index contributed by atoms with van der Waals surface area (Å²) in [5, 5.41) is 5.38. The lowest BCUT2D eigenvalue weighted by Crippen LogP contribution is -2.42. The zero-order valence-electron chi connectivity index (χ0n) is 16.8. The van der Waals surface area contributed by atoms with E-state index in [9.17, 15) is 22.8 Å². The van der Waals surface area contributed by atoms with E-state index in [0.29, 0.717) is 5.69 Å². The number of likely N-dealkylation sites (N-methyl/N-ethyl adjacent to an activating group) is 1.